The van der Waals surface area contributed by atoms with Gasteiger partial charge in [0.05, 0.1) is 12.0 Å². The van der Waals surface area contributed by atoms with E-state index in [-0.39, 0.29) is 29.9 Å². The number of primary amides is 1. The summed E-state index contributed by atoms with van der Waals surface area (Å²) < 4.78 is 5.49. The highest BCUT2D eigenvalue weighted by molar-refractivity contribution is 5.80. The molecule has 0 radical (unpaired) electrons. The molecule has 4 atom stereocenters. The number of amides is 3. The van der Waals surface area contributed by atoms with Crippen molar-refractivity contribution >= 4 is 11.9 Å². The Morgan fingerprint density at radius 3 is 2.59 bits per heavy atom. The van der Waals surface area contributed by atoms with Gasteiger partial charge in [-0.3, -0.25) is 4.79 Å². The molecule has 1 heterocycles. The molecule has 148 valence electrons. The third-order valence-corrected chi connectivity index (χ3v) is 5.80. The summed E-state index contributed by atoms with van der Waals surface area (Å²) in [6, 6.07) is 9.55. The van der Waals surface area contributed by atoms with Gasteiger partial charge in [0, 0.05) is 19.3 Å². The molecule has 6 heteroatoms. The van der Waals surface area contributed by atoms with Crippen molar-refractivity contribution in [2.75, 3.05) is 13.2 Å². The summed E-state index contributed by atoms with van der Waals surface area (Å²) in [5.74, 6) is -0.145. The van der Waals surface area contributed by atoms with Crippen molar-refractivity contribution in [3.63, 3.8) is 0 Å². The molecule has 2 aliphatic rings. The van der Waals surface area contributed by atoms with Gasteiger partial charge in [0.25, 0.3) is 0 Å². The summed E-state index contributed by atoms with van der Waals surface area (Å²) in [5, 5.41) is 6.16. The Labute approximate surface area is 161 Å². The van der Waals surface area contributed by atoms with Crippen molar-refractivity contribution in [3.8, 4) is 0 Å². The lowest BCUT2D eigenvalue weighted by Crippen LogP contribution is -2.49. The lowest BCUT2D eigenvalue weighted by Gasteiger charge is -2.27. The van der Waals surface area contributed by atoms with E-state index in [1.807, 2.05) is 30.3 Å². The summed E-state index contributed by atoms with van der Waals surface area (Å²) >= 11 is 0. The minimum absolute atomic E-state index is 0.0734. The minimum atomic E-state index is -0.315. The second kappa shape index (κ2) is 9.74. The molecule has 4 unspecified atom stereocenters. The summed E-state index contributed by atoms with van der Waals surface area (Å²) in [7, 11) is 0. The fraction of sp³-hybridized carbons (Fsp3) is 0.619. The maximum atomic E-state index is 12.7. The van der Waals surface area contributed by atoms with Gasteiger partial charge in [0.15, 0.2) is 0 Å². The standard InChI is InChI=1S/C21H31N3O3/c22-20(25)17-9-5-2-6-10-18(17)23-21(26)24-19(13-15-11-12-27-14-15)16-7-3-1-4-8-16/h1,3-4,7-8,15,17-19H,2,5-6,9-14H2,(H2,22,25)(H2,23,24,26). The van der Waals surface area contributed by atoms with Crippen molar-refractivity contribution in [1.29, 1.82) is 0 Å². The normalized spacial score (nSPS) is 26.7. The summed E-state index contributed by atoms with van der Waals surface area (Å²) in [6.07, 6.45) is 6.51. The zero-order valence-corrected chi connectivity index (χ0v) is 15.9. The predicted octanol–water partition coefficient (Wildman–Crippen LogP) is 2.89. The first-order valence-corrected chi connectivity index (χ1v) is 10.1. The fourth-order valence-electron chi connectivity index (χ4n) is 4.26. The van der Waals surface area contributed by atoms with Gasteiger partial charge < -0.3 is 21.1 Å². The lowest BCUT2D eigenvalue weighted by atomic mass is 9.93. The minimum Gasteiger partial charge on any atom is -0.381 e. The summed E-state index contributed by atoms with van der Waals surface area (Å²) in [4.78, 5) is 24.6. The first-order valence-electron chi connectivity index (χ1n) is 10.1. The molecular weight excluding hydrogens is 342 g/mol. The van der Waals surface area contributed by atoms with Crippen LogP contribution in [0.3, 0.4) is 0 Å². The smallest absolute Gasteiger partial charge is 0.315 e. The van der Waals surface area contributed by atoms with E-state index < -0.39 is 0 Å². The van der Waals surface area contributed by atoms with Gasteiger partial charge in [-0.25, -0.2) is 4.79 Å². The molecule has 2 fully saturated rings. The van der Waals surface area contributed by atoms with Crippen LogP contribution in [0.1, 0.15) is 56.6 Å². The molecule has 6 nitrogen and oxygen atoms in total. The van der Waals surface area contributed by atoms with Gasteiger partial charge in [-0.2, -0.15) is 0 Å². The highest BCUT2D eigenvalue weighted by Gasteiger charge is 2.30. The Balaban J connectivity index is 1.64. The zero-order chi connectivity index (χ0) is 19.1. The van der Waals surface area contributed by atoms with E-state index in [9.17, 15) is 9.59 Å². The average Bonchev–Trinajstić information content (AvgIpc) is 3.06. The molecule has 1 aromatic rings. The molecule has 0 spiro atoms. The lowest BCUT2D eigenvalue weighted by molar-refractivity contribution is -0.122. The van der Waals surface area contributed by atoms with Gasteiger partial charge in [-0.15, -0.1) is 0 Å². The van der Waals surface area contributed by atoms with Crippen LogP contribution in [0.5, 0.6) is 0 Å². The van der Waals surface area contributed by atoms with Crippen LogP contribution < -0.4 is 16.4 Å². The van der Waals surface area contributed by atoms with E-state index in [0.717, 1.165) is 63.7 Å². The van der Waals surface area contributed by atoms with Crippen LogP contribution in [0.15, 0.2) is 30.3 Å². The Morgan fingerprint density at radius 2 is 1.89 bits per heavy atom. The third kappa shape index (κ3) is 5.70. The number of benzene rings is 1. The Morgan fingerprint density at radius 1 is 1.11 bits per heavy atom. The number of carbonyl (C=O) groups is 2. The number of nitrogens with two attached hydrogens (primary N) is 1. The number of rotatable bonds is 6. The SMILES string of the molecule is NC(=O)C1CCCCCC1NC(=O)NC(CC1CCOC1)c1ccccc1. The number of carbonyl (C=O) groups excluding carboxylic acids is 2. The van der Waals surface area contributed by atoms with Crippen LogP contribution in [0, 0.1) is 11.8 Å². The molecule has 0 bridgehead atoms. The van der Waals surface area contributed by atoms with Crippen molar-refractivity contribution in [1.82, 2.24) is 10.6 Å². The topological polar surface area (TPSA) is 93.5 Å². The van der Waals surface area contributed by atoms with E-state index in [1.165, 1.54) is 0 Å². The highest BCUT2D eigenvalue weighted by atomic mass is 16.5. The van der Waals surface area contributed by atoms with Gasteiger partial charge >= 0.3 is 6.03 Å². The predicted molar refractivity (Wildman–Crippen MR) is 104 cm³/mol. The maximum Gasteiger partial charge on any atom is 0.315 e. The van der Waals surface area contributed by atoms with Gasteiger partial charge in [0.1, 0.15) is 0 Å². The Kier molecular flexibility index (Phi) is 7.10. The quantitative estimate of drug-likeness (QED) is 0.669. The van der Waals surface area contributed by atoms with Gasteiger partial charge in [-0.1, -0.05) is 49.6 Å². The first-order chi connectivity index (χ1) is 13.1. The van der Waals surface area contributed by atoms with Crippen LogP contribution in [-0.4, -0.2) is 31.2 Å². The molecule has 1 aromatic carbocycles. The molecule has 1 saturated heterocycles. The average molecular weight is 373 g/mol. The Hall–Kier alpha value is -2.08. The van der Waals surface area contributed by atoms with Crippen molar-refractivity contribution in [3.05, 3.63) is 35.9 Å². The molecule has 27 heavy (non-hydrogen) atoms. The van der Waals surface area contributed by atoms with E-state index in [4.69, 9.17) is 10.5 Å². The number of nitrogens with one attached hydrogen (secondary N) is 2. The molecule has 0 aromatic heterocycles. The zero-order valence-electron chi connectivity index (χ0n) is 15.9. The second-order valence-corrected chi connectivity index (χ2v) is 7.80. The van der Waals surface area contributed by atoms with Crippen LogP contribution >= 0.6 is 0 Å². The fourth-order valence-corrected chi connectivity index (χ4v) is 4.26. The van der Waals surface area contributed by atoms with Crippen molar-refractivity contribution < 1.29 is 14.3 Å². The van der Waals surface area contributed by atoms with Gasteiger partial charge in [-0.05, 0) is 37.2 Å². The second-order valence-electron chi connectivity index (χ2n) is 7.80. The third-order valence-electron chi connectivity index (χ3n) is 5.80. The summed E-state index contributed by atoms with van der Waals surface area (Å²) in [5.41, 5.74) is 6.67. The molecule has 3 rings (SSSR count). The molecule has 1 aliphatic heterocycles. The first kappa shape index (κ1) is 19.7. The number of hydrogen-bond donors (Lipinski definition) is 3. The number of hydrogen-bond acceptors (Lipinski definition) is 3. The number of ether oxygens (including phenoxy) is 1. The molecule has 3 amide bonds. The van der Waals surface area contributed by atoms with Crippen LogP contribution in [0.2, 0.25) is 0 Å². The van der Waals surface area contributed by atoms with E-state index in [1.54, 1.807) is 0 Å². The van der Waals surface area contributed by atoms with Crippen LogP contribution in [-0.2, 0) is 9.53 Å². The summed E-state index contributed by atoms with van der Waals surface area (Å²) in [6.45, 7) is 1.54. The van der Waals surface area contributed by atoms with E-state index >= 15 is 0 Å². The van der Waals surface area contributed by atoms with Crippen LogP contribution in [0.4, 0.5) is 4.79 Å². The molecule has 1 saturated carbocycles. The van der Waals surface area contributed by atoms with E-state index in [0.29, 0.717) is 5.92 Å². The number of urea groups is 1. The molecule has 1 aliphatic carbocycles. The largest absolute Gasteiger partial charge is 0.381 e. The van der Waals surface area contributed by atoms with Crippen molar-refractivity contribution in [2.24, 2.45) is 17.6 Å². The molecule has 4 N–H and O–H groups in total. The molecular formula is C21H31N3O3. The maximum absolute atomic E-state index is 12.7. The highest BCUT2D eigenvalue weighted by Crippen LogP contribution is 2.27. The monoisotopic (exact) mass is 373 g/mol. The Bertz CT molecular complexity index is 616. The van der Waals surface area contributed by atoms with Gasteiger partial charge in [0.2, 0.25) is 5.91 Å². The van der Waals surface area contributed by atoms with Crippen LogP contribution in [0.25, 0.3) is 0 Å². The van der Waals surface area contributed by atoms with Crippen molar-refractivity contribution in [2.45, 2.75) is 57.0 Å². The van der Waals surface area contributed by atoms with E-state index in [2.05, 4.69) is 10.6 Å².